The Hall–Kier alpha value is -1.79. The Labute approximate surface area is 136 Å². The molecule has 0 fully saturated rings. The van der Waals surface area contributed by atoms with E-state index in [1.807, 2.05) is 30.3 Å². The molecule has 3 N–H and O–H groups in total. The number of hydrogen-bond acceptors (Lipinski definition) is 5. The first kappa shape index (κ1) is 20.2. The van der Waals surface area contributed by atoms with Gasteiger partial charge in [-0.05, 0) is 25.3 Å². The van der Waals surface area contributed by atoms with Gasteiger partial charge in [0.2, 0.25) is 0 Å². The van der Waals surface area contributed by atoms with Gasteiger partial charge in [0.25, 0.3) is 0 Å². The average Bonchev–Trinajstić information content (AvgIpc) is 2.50. The topological polar surface area (TPSA) is 90.6 Å². The molecule has 0 aromatic heterocycles. The van der Waals surface area contributed by atoms with Crippen molar-refractivity contribution in [3.63, 3.8) is 0 Å². The molecule has 1 aromatic rings. The van der Waals surface area contributed by atoms with E-state index in [1.165, 1.54) is 0 Å². The minimum absolute atomic E-state index is 0. The van der Waals surface area contributed by atoms with Crippen molar-refractivity contribution >= 4 is 24.5 Å². The molecule has 0 radical (unpaired) electrons. The van der Waals surface area contributed by atoms with Crippen LogP contribution in [0.1, 0.15) is 25.3 Å². The number of amides is 1. The molecule has 1 atom stereocenters. The van der Waals surface area contributed by atoms with Crippen LogP contribution in [0.2, 0.25) is 0 Å². The molecule has 124 valence electrons. The van der Waals surface area contributed by atoms with Gasteiger partial charge in [-0.15, -0.1) is 12.4 Å². The Balaban J connectivity index is 0.00000441. The van der Waals surface area contributed by atoms with Crippen molar-refractivity contribution in [3.05, 3.63) is 35.9 Å². The van der Waals surface area contributed by atoms with Gasteiger partial charge >= 0.3 is 12.1 Å². The fourth-order valence-corrected chi connectivity index (χ4v) is 1.65. The molecule has 0 saturated carbocycles. The summed E-state index contributed by atoms with van der Waals surface area (Å²) in [7, 11) is 0. The number of carbonyl (C=O) groups excluding carboxylic acids is 2. The van der Waals surface area contributed by atoms with Crippen LogP contribution in [0, 0.1) is 0 Å². The first-order chi connectivity index (χ1) is 10.1. The van der Waals surface area contributed by atoms with E-state index in [9.17, 15) is 9.59 Å². The summed E-state index contributed by atoms with van der Waals surface area (Å²) in [4.78, 5) is 22.7. The highest BCUT2D eigenvalue weighted by molar-refractivity contribution is 5.85. The summed E-state index contributed by atoms with van der Waals surface area (Å²) in [5, 5.41) is 2.61. The summed E-state index contributed by atoms with van der Waals surface area (Å²) < 4.78 is 9.84. The largest absolute Gasteiger partial charge is 0.465 e. The summed E-state index contributed by atoms with van der Waals surface area (Å²) in [6, 6.07) is 8.78. The van der Waals surface area contributed by atoms with Crippen LogP contribution in [0.3, 0.4) is 0 Å². The maximum atomic E-state index is 11.4. The van der Waals surface area contributed by atoms with Crippen molar-refractivity contribution < 1.29 is 19.1 Å². The summed E-state index contributed by atoms with van der Waals surface area (Å²) in [6.07, 6.45) is 0.557. The second-order valence-electron chi connectivity index (χ2n) is 4.49. The highest BCUT2D eigenvalue weighted by Gasteiger charge is 2.13. The Morgan fingerprint density at radius 1 is 1.23 bits per heavy atom. The van der Waals surface area contributed by atoms with Crippen LogP contribution < -0.4 is 11.1 Å². The third-order valence-electron chi connectivity index (χ3n) is 2.76. The van der Waals surface area contributed by atoms with Crippen LogP contribution in [0.4, 0.5) is 4.79 Å². The van der Waals surface area contributed by atoms with Gasteiger partial charge in [-0.3, -0.25) is 4.79 Å². The van der Waals surface area contributed by atoms with Crippen molar-refractivity contribution in [1.29, 1.82) is 0 Å². The van der Waals surface area contributed by atoms with Gasteiger partial charge in [0.05, 0.1) is 6.61 Å². The maximum Gasteiger partial charge on any atom is 0.407 e. The van der Waals surface area contributed by atoms with Crippen molar-refractivity contribution in [1.82, 2.24) is 5.32 Å². The molecule has 0 heterocycles. The molecule has 0 aliphatic carbocycles. The fourth-order valence-electron chi connectivity index (χ4n) is 1.65. The highest BCUT2D eigenvalue weighted by atomic mass is 35.5. The SMILES string of the molecule is CCOC(=O)[C@H](N)CCCNC(=O)OCc1ccccc1.Cl. The minimum Gasteiger partial charge on any atom is -0.465 e. The number of halogens is 1. The molecular formula is C15H23ClN2O4. The zero-order valence-electron chi connectivity index (χ0n) is 12.6. The lowest BCUT2D eigenvalue weighted by atomic mass is 10.2. The summed E-state index contributed by atoms with van der Waals surface area (Å²) in [5.74, 6) is -0.413. The van der Waals surface area contributed by atoms with E-state index < -0.39 is 18.1 Å². The molecule has 0 aliphatic rings. The Bertz CT molecular complexity index is 442. The van der Waals surface area contributed by atoms with Crippen LogP contribution in [0.15, 0.2) is 30.3 Å². The standard InChI is InChI=1S/C15H22N2O4.ClH/c1-2-20-14(18)13(16)9-6-10-17-15(19)21-11-12-7-4-3-5-8-12;/h3-5,7-8,13H,2,6,9-11,16H2,1H3,(H,17,19);1H/t13-;/m1./s1. The quantitative estimate of drug-likeness (QED) is 0.562. The lowest BCUT2D eigenvalue weighted by Gasteiger charge is -2.11. The second-order valence-corrected chi connectivity index (χ2v) is 4.49. The minimum atomic E-state index is -0.646. The van der Waals surface area contributed by atoms with Gasteiger partial charge in [0.15, 0.2) is 0 Å². The number of carbonyl (C=O) groups is 2. The molecule has 0 bridgehead atoms. The third-order valence-corrected chi connectivity index (χ3v) is 2.76. The lowest BCUT2D eigenvalue weighted by Crippen LogP contribution is -2.33. The van der Waals surface area contributed by atoms with Gasteiger partial charge in [-0.1, -0.05) is 30.3 Å². The number of esters is 1. The first-order valence-corrected chi connectivity index (χ1v) is 7.00. The van der Waals surface area contributed by atoms with Crippen LogP contribution >= 0.6 is 12.4 Å². The van der Waals surface area contributed by atoms with Crippen molar-refractivity contribution in [2.45, 2.75) is 32.4 Å². The van der Waals surface area contributed by atoms with Gasteiger partial charge in [0.1, 0.15) is 12.6 Å². The van der Waals surface area contributed by atoms with Gasteiger partial charge < -0.3 is 20.5 Å². The van der Waals surface area contributed by atoms with Crippen LogP contribution in [-0.2, 0) is 20.9 Å². The molecule has 0 aliphatic heterocycles. The van der Waals surface area contributed by atoms with Gasteiger partial charge in [-0.25, -0.2) is 4.79 Å². The first-order valence-electron chi connectivity index (χ1n) is 7.00. The molecule has 22 heavy (non-hydrogen) atoms. The molecule has 0 spiro atoms. The van der Waals surface area contributed by atoms with Crippen LogP contribution in [0.25, 0.3) is 0 Å². The number of nitrogens with one attached hydrogen (secondary N) is 1. The molecule has 1 amide bonds. The van der Waals surface area contributed by atoms with E-state index in [-0.39, 0.29) is 19.0 Å². The van der Waals surface area contributed by atoms with Crippen molar-refractivity contribution in [2.24, 2.45) is 5.73 Å². The average molecular weight is 331 g/mol. The van der Waals surface area contributed by atoms with E-state index in [2.05, 4.69) is 5.32 Å². The monoisotopic (exact) mass is 330 g/mol. The van der Waals surface area contributed by atoms with E-state index in [4.69, 9.17) is 15.2 Å². The van der Waals surface area contributed by atoms with Crippen molar-refractivity contribution in [3.8, 4) is 0 Å². The number of nitrogens with two attached hydrogens (primary N) is 1. The Morgan fingerprint density at radius 3 is 2.55 bits per heavy atom. The highest BCUT2D eigenvalue weighted by Crippen LogP contribution is 2.01. The van der Waals surface area contributed by atoms with Crippen molar-refractivity contribution in [2.75, 3.05) is 13.2 Å². The van der Waals surface area contributed by atoms with Gasteiger partial charge in [0, 0.05) is 6.54 Å². The summed E-state index contributed by atoms with van der Waals surface area (Å²) in [5.41, 5.74) is 6.56. The fraction of sp³-hybridized carbons (Fsp3) is 0.467. The lowest BCUT2D eigenvalue weighted by molar-refractivity contribution is -0.144. The van der Waals surface area contributed by atoms with Gasteiger partial charge in [-0.2, -0.15) is 0 Å². The normalized spacial score (nSPS) is 11.0. The predicted octanol–water partition coefficient (Wildman–Crippen LogP) is 2.01. The molecule has 1 aromatic carbocycles. The Kier molecular flexibility index (Phi) is 10.9. The molecule has 0 unspecified atom stereocenters. The molecular weight excluding hydrogens is 308 g/mol. The smallest absolute Gasteiger partial charge is 0.407 e. The molecule has 6 nitrogen and oxygen atoms in total. The maximum absolute atomic E-state index is 11.4. The second kappa shape index (κ2) is 11.8. The molecule has 7 heteroatoms. The number of hydrogen-bond donors (Lipinski definition) is 2. The third kappa shape index (κ3) is 8.49. The van der Waals surface area contributed by atoms with E-state index in [0.29, 0.717) is 26.0 Å². The van der Waals surface area contributed by atoms with Crippen LogP contribution in [0.5, 0.6) is 0 Å². The number of rotatable bonds is 8. The zero-order valence-corrected chi connectivity index (χ0v) is 13.4. The molecule has 1 rings (SSSR count). The number of alkyl carbamates (subject to hydrolysis) is 1. The van der Waals surface area contributed by atoms with Crippen LogP contribution in [-0.4, -0.2) is 31.3 Å². The number of benzene rings is 1. The Morgan fingerprint density at radius 2 is 1.91 bits per heavy atom. The van der Waals surface area contributed by atoms with E-state index in [1.54, 1.807) is 6.92 Å². The molecule has 0 saturated heterocycles. The summed E-state index contributed by atoms with van der Waals surface area (Å²) >= 11 is 0. The van der Waals surface area contributed by atoms with E-state index >= 15 is 0 Å². The predicted molar refractivity (Wildman–Crippen MR) is 85.7 cm³/mol. The van der Waals surface area contributed by atoms with E-state index in [0.717, 1.165) is 5.56 Å². The summed E-state index contributed by atoms with van der Waals surface area (Å²) in [6.45, 7) is 2.68. The zero-order chi connectivity index (χ0) is 15.5. The number of ether oxygens (including phenoxy) is 2.